The Bertz CT molecular complexity index is 1520. The number of anilines is 2. The summed E-state index contributed by atoms with van der Waals surface area (Å²) in [7, 11) is 0. The molecule has 13 heteroatoms. The second-order valence-corrected chi connectivity index (χ2v) is 8.51. The summed E-state index contributed by atoms with van der Waals surface area (Å²) in [4.78, 5) is 22.7. The van der Waals surface area contributed by atoms with Gasteiger partial charge in [-0.25, -0.2) is 18.9 Å². The molecular formula is C26H21F4N7O2. The molecule has 9 nitrogen and oxygen atoms in total. The second-order valence-electron chi connectivity index (χ2n) is 8.51. The average molecular weight is 539 g/mol. The molecule has 39 heavy (non-hydrogen) atoms. The van der Waals surface area contributed by atoms with Crippen molar-refractivity contribution in [2.24, 2.45) is 4.99 Å². The summed E-state index contributed by atoms with van der Waals surface area (Å²) < 4.78 is 56.1. The molecule has 1 saturated heterocycles. The van der Waals surface area contributed by atoms with Crippen LogP contribution in [0.1, 0.15) is 5.56 Å². The van der Waals surface area contributed by atoms with Gasteiger partial charge in [-0.2, -0.15) is 4.99 Å². The van der Waals surface area contributed by atoms with Gasteiger partial charge in [0.2, 0.25) is 5.96 Å². The van der Waals surface area contributed by atoms with E-state index in [1.54, 1.807) is 35.2 Å². The highest BCUT2D eigenvalue weighted by atomic mass is 19.4. The molecule has 2 amide bonds. The van der Waals surface area contributed by atoms with Gasteiger partial charge in [-0.3, -0.25) is 0 Å². The lowest BCUT2D eigenvalue weighted by Gasteiger charge is -2.19. The molecule has 4 aromatic rings. The van der Waals surface area contributed by atoms with E-state index in [0.717, 1.165) is 5.56 Å². The van der Waals surface area contributed by atoms with Crippen LogP contribution in [0.3, 0.4) is 0 Å². The molecule has 0 spiro atoms. The molecule has 1 fully saturated rings. The molecule has 5 rings (SSSR count). The molecule has 1 aliphatic heterocycles. The largest absolute Gasteiger partial charge is 0.573 e. The van der Waals surface area contributed by atoms with Crippen LogP contribution in [0.15, 0.2) is 78.0 Å². The fraction of sp³-hybridized carbons (Fsp3) is 0.154. The van der Waals surface area contributed by atoms with E-state index in [1.165, 1.54) is 47.4 Å². The summed E-state index contributed by atoms with van der Waals surface area (Å²) >= 11 is 0. The van der Waals surface area contributed by atoms with Gasteiger partial charge in [-0.15, -0.1) is 18.3 Å². The number of halogens is 4. The summed E-state index contributed by atoms with van der Waals surface area (Å²) in [6.45, 7) is 2.95. The number of rotatable bonds is 5. The predicted octanol–water partition coefficient (Wildman–Crippen LogP) is 5.28. The molecule has 0 aliphatic carbocycles. The Morgan fingerprint density at radius 1 is 1.08 bits per heavy atom. The minimum Gasteiger partial charge on any atom is -0.406 e. The van der Waals surface area contributed by atoms with Gasteiger partial charge in [0.15, 0.2) is 5.82 Å². The van der Waals surface area contributed by atoms with Crippen LogP contribution in [0.5, 0.6) is 5.75 Å². The second kappa shape index (κ2) is 10.4. The number of aliphatic imine (C=N–C) groups is 1. The van der Waals surface area contributed by atoms with Crippen molar-refractivity contribution in [3.05, 3.63) is 84.4 Å². The number of nitrogens with zero attached hydrogens (tertiary/aromatic N) is 5. The summed E-state index contributed by atoms with van der Waals surface area (Å²) in [6, 6.07) is 15.8. The number of ether oxygens (including phenoxy) is 1. The zero-order valence-electron chi connectivity index (χ0n) is 20.4. The number of alkyl halides is 3. The van der Waals surface area contributed by atoms with Crippen molar-refractivity contribution in [2.45, 2.75) is 13.3 Å². The molecule has 200 valence electrons. The number of carbonyl (C=O) groups is 1. The number of amides is 2. The number of nitrogens with one attached hydrogen (secondary N) is 2. The molecule has 0 bridgehead atoms. The number of carbonyl (C=O) groups excluding carboxylic acids is 1. The maximum absolute atomic E-state index is 13.8. The van der Waals surface area contributed by atoms with Gasteiger partial charge >= 0.3 is 12.4 Å². The van der Waals surface area contributed by atoms with Gasteiger partial charge in [-0.1, -0.05) is 6.07 Å². The van der Waals surface area contributed by atoms with Gasteiger partial charge in [0.1, 0.15) is 17.9 Å². The van der Waals surface area contributed by atoms with Crippen molar-refractivity contribution in [3.63, 3.8) is 0 Å². The van der Waals surface area contributed by atoms with Crippen molar-refractivity contribution >= 4 is 23.4 Å². The Labute approximate surface area is 219 Å². The molecule has 3 aromatic carbocycles. The molecule has 0 unspecified atom stereocenters. The van der Waals surface area contributed by atoms with E-state index in [1.807, 2.05) is 6.92 Å². The van der Waals surface area contributed by atoms with Gasteiger partial charge in [0, 0.05) is 30.0 Å². The molecule has 1 aliphatic rings. The molecule has 0 radical (unpaired) electrons. The molecule has 0 atom stereocenters. The number of hydrogen-bond donors (Lipinski definition) is 2. The maximum atomic E-state index is 13.8. The maximum Gasteiger partial charge on any atom is 0.573 e. The summed E-state index contributed by atoms with van der Waals surface area (Å²) in [5, 5.41) is 10.1. The van der Waals surface area contributed by atoms with Crippen LogP contribution in [0, 0.1) is 12.7 Å². The van der Waals surface area contributed by atoms with E-state index in [9.17, 15) is 22.4 Å². The van der Waals surface area contributed by atoms with Gasteiger partial charge in [0.25, 0.3) is 0 Å². The highest BCUT2D eigenvalue weighted by Crippen LogP contribution is 2.25. The van der Waals surface area contributed by atoms with Crippen molar-refractivity contribution in [1.29, 1.82) is 0 Å². The monoisotopic (exact) mass is 539 g/mol. The Hall–Kier alpha value is -4.94. The molecular weight excluding hydrogens is 518 g/mol. The zero-order valence-corrected chi connectivity index (χ0v) is 20.4. The number of aryl methyl sites for hydroxylation is 1. The Balaban J connectivity index is 1.24. The van der Waals surface area contributed by atoms with E-state index >= 15 is 0 Å². The van der Waals surface area contributed by atoms with E-state index in [4.69, 9.17) is 0 Å². The van der Waals surface area contributed by atoms with Gasteiger partial charge < -0.3 is 20.3 Å². The molecule has 2 heterocycles. The van der Waals surface area contributed by atoms with Crippen LogP contribution in [-0.2, 0) is 0 Å². The minimum absolute atomic E-state index is 0.325. The summed E-state index contributed by atoms with van der Waals surface area (Å²) in [6.07, 6.45) is -3.34. The number of hydrogen-bond acceptors (Lipinski definition) is 4. The highest BCUT2D eigenvalue weighted by molar-refractivity contribution is 6.07. The third-order valence-electron chi connectivity index (χ3n) is 5.76. The fourth-order valence-electron chi connectivity index (χ4n) is 3.96. The molecule has 2 N–H and O–H groups in total. The first-order chi connectivity index (χ1) is 18.6. The minimum atomic E-state index is -4.77. The average Bonchev–Trinajstić information content (AvgIpc) is 3.56. The normalized spacial score (nSPS) is 14.4. The van der Waals surface area contributed by atoms with E-state index in [-0.39, 0.29) is 11.6 Å². The van der Waals surface area contributed by atoms with Crippen LogP contribution >= 0.6 is 0 Å². The first-order valence-corrected chi connectivity index (χ1v) is 11.7. The fourth-order valence-corrected chi connectivity index (χ4v) is 3.96. The third-order valence-corrected chi connectivity index (χ3v) is 5.76. The molecule has 1 aromatic heterocycles. The van der Waals surface area contributed by atoms with Crippen LogP contribution in [0.25, 0.3) is 17.1 Å². The number of aromatic nitrogens is 3. The van der Waals surface area contributed by atoms with Crippen LogP contribution in [-0.4, -0.2) is 46.2 Å². The lowest BCUT2D eigenvalue weighted by atomic mass is 10.2. The SMILES string of the molecule is Cc1ccc(F)cc1N1CCN/C1=N\C(=O)Nc1ccc(-c2ncn(-c3ccc(OC(F)(F)F)cc3)n2)cc1. The molecule has 0 saturated carbocycles. The first-order valence-electron chi connectivity index (χ1n) is 11.7. The van der Waals surface area contributed by atoms with E-state index in [2.05, 4.69) is 30.4 Å². The highest BCUT2D eigenvalue weighted by Gasteiger charge is 2.31. The van der Waals surface area contributed by atoms with Crippen molar-refractivity contribution in [3.8, 4) is 22.8 Å². The van der Waals surface area contributed by atoms with Crippen LogP contribution < -0.4 is 20.3 Å². The number of guanidine groups is 1. The summed E-state index contributed by atoms with van der Waals surface area (Å²) in [5.74, 6) is -0.0143. The van der Waals surface area contributed by atoms with Crippen molar-refractivity contribution < 1.29 is 27.1 Å². The first kappa shape index (κ1) is 25.7. The van der Waals surface area contributed by atoms with E-state index in [0.29, 0.717) is 47.5 Å². The van der Waals surface area contributed by atoms with Crippen molar-refractivity contribution in [1.82, 2.24) is 20.1 Å². The Morgan fingerprint density at radius 2 is 1.82 bits per heavy atom. The summed E-state index contributed by atoms with van der Waals surface area (Å²) in [5.41, 5.74) is 3.12. The Kier molecular flexibility index (Phi) is 6.88. The quantitative estimate of drug-likeness (QED) is 0.335. The smallest absolute Gasteiger partial charge is 0.406 e. The lowest BCUT2D eigenvalue weighted by molar-refractivity contribution is -0.274. The third kappa shape index (κ3) is 6.14. The van der Waals surface area contributed by atoms with Crippen molar-refractivity contribution in [2.75, 3.05) is 23.3 Å². The van der Waals surface area contributed by atoms with Crippen LogP contribution in [0.2, 0.25) is 0 Å². The zero-order chi connectivity index (χ0) is 27.6. The predicted molar refractivity (Wildman–Crippen MR) is 136 cm³/mol. The lowest BCUT2D eigenvalue weighted by Crippen LogP contribution is -2.32. The van der Waals surface area contributed by atoms with Crippen LogP contribution in [0.4, 0.5) is 33.7 Å². The van der Waals surface area contributed by atoms with Gasteiger partial charge in [0.05, 0.1) is 5.69 Å². The topological polar surface area (TPSA) is 96.7 Å². The standard InChI is InChI=1S/C26H21F4N7O2/c1-16-2-5-18(27)14-22(16)36-13-12-31-24(36)34-25(38)33-19-6-3-17(4-7-19)23-32-15-37(35-23)20-8-10-21(11-9-20)39-26(28,29)30/h2-11,14-15H,12-13H2,1H3,(H2,31,33,34,38). The Morgan fingerprint density at radius 3 is 2.54 bits per heavy atom. The number of benzene rings is 3. The van der Waals surface area contributed by atoms with Gasteiger partial charge in [-0.05, 0) is 73.2 Å². The van der Waals surface area contributed by atoms with E-state index < -0.39 is 12.4 Å². The number of urea groups is 1.